The fraction of sp³-hybridized carbons (Fsp3) is 0.438. The molecule has 0 saturated carbocycles. The second-order valence-corrected chi connectivity index (χ2v) is 6.85. The van der Waals surface area contributed by atoms with E-state index in [0.717, 1.165) is 17.8 Å². The summed E-state index contributed by atoms with van der Waals surface area (Å²) in [5.41, 5.74) is -0.0685. The molecular weight excluding hydrogens is 296 g/mol. The largest absolute Gasteiger partial charge is 0.364 e. The van der Waals surface area contributed by atoms with Gasteiger partial charge >= 0.3 is 0 Å². The fourth-order valence-electron chi connectivity index (χ4n) is 2.29. The molecule has 2 rings (SSSR count). The van der Waals surface area contributed by atoms with Crippen LogP contribution in [0.1, 0.15) is 39.0 Å². The van der Waals surface area contributed by atoms with Gasteiger partial charge in [0.2, 0.25) is 0 Å². The Morgan fingerprint density at radius 2 is 1.71 bits per heavy atom. The number of aromatic nitrogens is 1. The van der Waals surface area contributed by atoms with Crippen LogP contribution in [-0.2, 0) is 11.8 Å². The van der Waals surface area contributed by atoms with Crippen LogP contribution in [-0.4, -0.2) is 5.16 Å². The summed E-state index contributed by atoms with van der Waals surface area (Å²) in [6.07, 6.45) is 1.72. The van der Waals surface area contributed by atoms with Gasteiger partial charge in [-0.05, 0) is 24.0 Å². The van der Waals surface area contributed by atoms with Gasteiger partial charge in [-0.3, -0.25) is 0 Å². The van der Waals surface area contributed by atoms with Crippen molar-refractivity contribution in [1.29, 1.82) is 0 Å². The maximum Gasteiger partial charge on any atom is 0.130 e. The number of halogens is 3. The Labute approximate surface area is 128 Å². The molecule has 0 aliphatic heterocycles. The molecule has 0 aliphatic carbocycles. The van der Waals surface area contributed by atoms with E-state index in [1.54, 1.807) is 6.07 Å². The van der Waals surface area contributed by atoms with Crippen LogP contribution in [0.4, 0.5) is 8.78 Å². The van der Waals surface area contributed by atoms with Gasteiger partial charge in [-0.25, -0.2) is 8.78 Å². The summed E-state index contributed by atoms with van der Waals surface area (Å²) in [5.74, 6) is -1.24. The molecule has 0 amide bonds. The molecule has 1 heterocycles. The summed E-state index contributed by atoms with van der Waals surface area (Å²) in [6.45, 7) is 7.87. The number of hydrogen-bond donors (Lipinski definition) is 0. The SMILES string of the molecule is CC(C)(Cc1c(F)cc(Cl)cc1F)C(C)(C)c1ccon1. The van der Waals surface area contributed by atoms with Gasteiger partial charge in [0.15, 0.2) is 0 Å². The van der Waals surface area contributed by atoms with Gasteiger partial charge in [0, 0.05) is 22.1 Å². The molecule has 114 valence electrons. The fourth-order valence-corrected chi connectivity index (χ4v) is 2.48. The van der Waals surface area contributed by atoms with Crippen molar-refractivity contribution in [2.24, 2.45) is 5.41 Å². The van der Waals surface area contributed by atoms with Gasteiger partial charge < -0.3 is 4.52 Å². The molecule has 0 spiro atoms. The lowest BCUT2D eigenvalue weighted by Gasteiger charge is -2.40. The first-order valence-electron chi connectivity index (χ1n) is 6.69. The minimum absolute atomic E-state index is 0.0426. The van der Waals surface area contributed by atoms with Crippen LogP contribution in [0.5, 0.6) is 0 Å². The van der Waals surface area contributed by atoms with Crippen molar-refractivity contribution in [1.82, 2.24) is 5.16 Å². The molecule has 2 aromatic rings. The van der Waals surface area contributed by atoms with Crippen molar-refractivity contribution in [2.75, 3.05) is 0 Å². The first-order chi connectivity index (χ1) is 9.65. The van der Waals surface area contributed by atoms with Crippen LogP contribution in [0.3, 0.4) is 0 Å². The highest BCUT2D eigenvalue weighted by Crippen LogP contribution is 2.43. The van der Waals surface area contributed by atoms with Crippen molar-refractivity contribution >= 4 is 11.6 Å². The zero-order chi connectivity index (χ0) is 15.8. The van der Waals surface area contributed by atoms with E-state index in [1.807, 2.05) is 27.7 Å². The Morgan fingerprint density at radius 3 is 2.19 bits per heavy atom. The lowest BCUT2D eigenvalue weighted by atomic mass is 9.63. The lowest BCUT2D eigenvalue weighted by Crippen LogP contribution is -2.39. The van der Waals surface area contributed by atoms with Crippen LogP contribution >= 0.6 is 11.6 Å². The third-order valence-electron chi connectivity index (χ3n) is 4.49. The van der Waals surface area contributed by atoms with E-state index in [2.05, 4.69) is 5.16 Å². The van der Waals surface area contributed by atoms with E-state index in [-0.39, 0.29) is 17.0 Å². The van der Waals surface area contributed by atoms with Crippen molar-refractivity contribution in [2.45, 2.75) is 39.5 Å². The number of rotatable bonds is 4. The molecule has 1 aromatic heterocycles. The number of hydrogen-bond acceptors (Lipinski definition) is 2. The Bertz CT molecular complexity index is 613. The molecule has 0 radical (unpaired) electrons. The first kappa shape index (κ1) is 16.0. The minimum Gasteiger partial charge on any atom is -0.364 e. The van der Waals surface area contributed by atoms with E-state index >= 15 is 0 Å². The van der Waals surface area contributed by atoms with Crippen LogP contribution < -0.4 is 0 Å². The van der Waals surface area contributed by atoms with Gasteiger partial charge in [0.1, 0.15) is 17.9 Å². The normalized spacial score (nSPS) is 12.7. The number of benzene rings is 1. The molecule has 0 unspecified atom stereocenters. The smallest absolute Gasteiger partial charge is 0.130 e. The van der Waals surface area contributed by atoms with Crippen molar-refractivity contribution in [3.8, 4) is 0 Å². The quantitative estimate of drug-likeness (QED) is 0.780. The molecule has 0 N–H and O–H groups in total. The van der Waals surface area contributed by atoms with E-state index in [1.165, 1.54) is 6.26 Å². The highest BCUT2D eigenvalue weighted by molar-refractivity contribution is 6.30. The average molecular weight is 314 g/mol. The summed E-state index contributed by atoms with van der Waals surface area (Å²) < 4.78 is 32.9. The van der Waals surface area contributed by atoms with Crippen LogP contribution in [0, 0.1) is 17.0 Å². The zero-order valence-corrected chi connectivity index (χ0v) is 13.3. The van der Waals surface area contributed by atoms with Crippen molar-refractivity contribution in [3.63, 3.8) is 0 Å². The molecule has 2 nitrogen and oxygen atoms in total. The molecule has 21 heavy (non-hydrogen) atoms. The molecule has 1 aromatic carbocycles. The Kier molecular flexibility index (Phi) is 4.11. The summed E-state index contributed by atoms with van der Waals surface area (Å²) >= 11 is 5.66. The molecule has 0 bridgehead atoms. The van der Waals surface area contributed by atoms with E-state index in [0.29, 0.717) is 0 Å². The Hall–Kier alpha value is -1.42. The van der Waals surface area contributed by atoms with Crippen LogP contribution in [0.25, 0.3) is 0 Å². The van der Waals surface area contributed by atoms with Crippen LogP contribution in [0.2, 0.25) is 5.02 Å². The molecule has 0 saturated heterocycles. The highest BCUT2D eigenvalue weighted by Gasteiger charge is 2.41. The highest BCUT2D eigenvalue weighted by atomic mass is 35.5. The second-order valence-electron chi connectivity index (χ2n) is 6.42. The van der Waals surface area contributed by atoms with Gasteiger partial charge in [-0.1, -0.05) is 44.5 Å². The van der Waals surface area contributed by atoms with Crippen molar-refractivity contribution in [3.05, 3.63) is 52.4 Å². The van der Waals surface area contributed by atoms with Gasteiger partial charge in [0.05, 0.1) is 5.69 Å². The zero-order valence-electron chi connectivity index (χ0n) is 12.5. The molecule has 0 atom stereocenters. The van der Waals surface area contributed by atoms with Crippen molar-refractivity contribution < 1.29 is 13.3 Å². The lowest BCUT2D eigenvalue weighted by molar-refractivity contribution is 0.180. The summed E-state index contributed by atoms with van der Waals surface area (Å²) in [4.78, 5) is 0. The maximum absolute atomic E-state index is 14.0. The van der Waals surface area contributed by atoms with Gasteiger partial charge in [-0.15, -0.1) is 0 Å². The maximum atomic E-state index is 14.0. The standard InChI is InChI=1S/C16H18ClF2NO/c1-15(2,16(3,4)14-5-6-21-20-14)9-11-12(18)7-10(17)8-13(11)19/h5-8H,9H2,1-4H3. The van der Waals surface area contributed by atoms with Gasteiger partial charge in [0.25, 0.3) is 0 Å². The second kappa shape index (κ2) is 5.41. The number of nitrogens with zero attached hydrogens (tertiary/aromatic N) is 1. The summed E-state index contributed by atoms with van der Waals surface area (Å²) in [7, 11) is 0. The summed E-state index contributed by atoms with van der Waals surface area (Å²) in [6, 6.07) is 4.05. The molecular formula is C16H18ClF2NO. The topological polar surface area (TPSA) is 26.0 Å². The molecule has 5 heteroatoms. The Balaban J connectivity index is 2.38. The predicted molar refractivity (Wildman–Crippen MR) is 78.4 cm³/mol. The van der Waals surface area contributed by atoms with E-state index in [9.17, 15) is 8.78 Å². The monoisotopic (exact) mass is 313 g/mol. The molecule has 0 fully saturated rings. The Morgan fingerprint density at radius 1 is 1.14 bits per heavy atom. The third kappa shape index (κ3) is 2.95. The summed E-state index contributed by atoms with van der Waals surface area (Å²) in [5, 5.41) is 4.03. The average Bonchev–Trinajstić information content (AvgIpc) is 2.87. The van der Waals surface area contributed by atoms with E-state index in [4.69, 9.17) is 16.1 Å². The van der Waals surface area contributed by atoms with Gasteiger partial charge in [-0.2, -0.15) is 0 Å². The predicted octanol–water partition coefficient (Wildman–Crippen LogP) is 5.15. The third-order valence-corrected chi connectivity index (χ3v) is 4.71. The first-order valence-corrected chi connectivity index (χ1v) is 7.07. The van der Waals surface area contributed by atoms with Crippen LogP contribution in [0.15, 0.2) is 29.0 Å². The minimum atomic E-state index is -0.621. The van der Waals surface area contributed by atoms with E-state index < -0.39 is 22.5 Å². The molecule has 0 aliphatic rings.